The van der Waals surface area contributed by atoms with Crippen molar-refractivity contribution >= 4 is 39.7 Å². The lowest BCUT2D eigenvalue weighted by atomic mass is 9.91. The number of piperidine rings is 1. The number of nitriles is 1. The molecule has 2 bridgehead atoms. The molecule has 1 N–H and O–H groups in total. The highest BCUT2D eigenvalue weighted by Crippen LogP contribution is 2.29. The van der Waals surface area contributed by atoms with Gasteiger partial charge in [-0.05, 0) is 46.6 Å². The van der Waals surface area contributed by atoms with Gasteiger partial charge in [0.15, 0.2) is 0 Å². The van der Waals surface area contributed by atoms with E-state index in [2.05, 4.69) is 42.3 Å². The zero-order valence-electron chi connectivity index (χ0n) is 13.8. The molecular weight excluding hydrogens is 416 g/mol. The first-order valence-electron chi connectivity index (χ1n) is 8.26. The van der Waals surface area contributed by atoms with E-state index < -0.39 is 0 Å². The van der Waals surface area contributed by atoms with E-state index in [1.165, 1.54) is 6.42 Å². The number of rotatable bonds is 2. The van der Waals surface area contributed by atoms with Gasteiger partial charge in [-0.1, -0.05) is 0 Å². The topological polar surface area (TPSA) is 69.2 Å². The number of anilines is 1. The van der Waals surface area contributed by atoms with Crippen LogP contribution in [0.5, 0.6) is 0 Å². The van der Waals surface area contributed by atoms with Gasteiger partial charge in [-0.15, -0.1) is 12.4 Å². The second kappa shape index (κ2) is 6.54. The molecule has 3 aliphatic heterocycles. The largest absolute Gasteiger partial charge is 0.353 e. The fraction of sp³-hybridized carbons (Fsp3) is 0.278. The number of hydrogen-bond donors (Lipinski definition) is 1. The van der Waals surface area contributed by atoms with Gasteiger partial charge >= 0.3 is 0 Å². The Kier molecular flexibility index (Phi) is 4.35. The molecule has 6 nitrogen and oxygen atoms in total. The van der Waals surface area contributed by atoms with Crippen molar-refractivity contribution in [2.24, 2.45) is 0 Å². The number of fused-ring (bicyclic) bond motifs is 3. The molecule has 3 aromatic rings. The molecule has 2 unspecified atom stereocenters. The number of hydrogen-bond acceptors (Lipinski definition) is 5. The number of nitrogens with zero attached hydrogens (tertiary/aromatic N) is 5. The molecule has 0 amide bonds. The van der Waals surface area contributed by atoms with Crippen molar-refractivity contribution in [1.82, 2.24) is 19.9 Å². The lowest BCUT2D eigenvalue weighted by Gasteiger charge is -2.48. The monoisotopic (exact) mass is 430 g/mol. The summed E-state index contributed by atoms with van der Waals surface area (Å²) in [6, 6.07) is 11.3. The molecule has 3 fully saturated rings. The van der Waals surface area contributed by atoms with E-state index in [0.717, 1.165) is 34.5 Å². The van der Waals surface area contributed by atoms with Crippen LogP contribution in [0.15, 0.2) is 41.1 Å². The van der Waals surface area contributed by atoms with Crippen LogP contribution in [-0.4, -0.2) is 39.8 Å². The zero-order valence-corrected chi connectivity index (χ0v) is 16.2. The van der Waals surface area contributed by atoms with Crippen molar-refractivity contribution in [2.75, 3.05) is 18.0 Å². The van der Waals surface area contributed by atoms with Crippen LogP contribution in [0.4, 0.5) is 5.82 Å². The van der Waals surface area contributed by atoms with Crippen LogP contribution in [0.25, 0.3) is 16.8 Å². The molecule has 0 aromatic carbocycles. The smallest absolute Gasteiger partial charge is 0.128 e. The average Bonchev–Trinajstić information content (AvgIpc) is 2.99. The summed E-state index contributed by atoms with van der Waals surface area (Å²) in [6.45, 7) is 2.02. The summed E-state index contributed by atoms with van der Waals surface area (Å²) >= 11 is 3.44. The van der Waals surface area contributed by atoms with Crippen LogP contribution in [0, 0.1) is 11.3 Å². The van der Waals surface area contributed by atoms with Gasteiger partial charge in [0.1, 0.15) is 23.1 Å². The lowest BCUT2D eigenvalue weighted by Crippen LogP contribution is -2.67. The summed E-state index contributed by atoms with van der Waals surface area (Å²) in [5.41, 5.74) is 2.90. The third-order valence-corrected chi connectivity index (χ3v) is 5.44. The van der Waals surface area contributed by atoms with Gasteiger partial charge in [0, 0.05) is 47.6 Å². The zero-order chi connectivity index (χ0) is 17.0. The van der Waals surface area contributed by atoms with E-state index in [-0.39, 0.29) is 12.4 Å². The van der Waals surface area contributed by atoms with Crippen molar-refractivity contribution in [2.45, 2.75) is 18.5 Å². The highest BCUT2D eigenvalue weighted by molar-refractivity contribution is 9.10. The van der Waals surface area contributed by atoms with Crippen LogP contribution in [-0.2, 0) is 0 Å². The molecule has 2 atom stereocenters. The quantitative estimate of drug-likeness (QED) is 0.675. The number of halogens is 2. The Morgan fingerprint density at radius 2 is 1.96 bits per heavy atom. The molecule has 3 saturated heterocycles. The molecule has 0 saturated carbocycles. The molecule has 3 aromatic heterocycles. The maximum atomic E-state index is 9.58. The summed E-state index contributed by atoms with van der Waals surface area (Å²) in [5, 5.41) is 17.7. The maximum absolute atomic E-state index is 9.58. The van der Waals surface area contributed by atoms with Gasteiger partial charge in [0.25, 0.3) is 0 Å². The van der Waals surface area contributed by atoms with Crippen molar-refractivity contribution in [3.8, 4) is 17.3 Å². The van der Waals surface area contributed by atoms with Crippen molar-refractivity contribution < 1.29 is 0 Å². The maximum Gasteiger partial charge on any atom is 0.128 e. The minimum absolute atomic E-state index is 0. The number of nitrogens with one attached hydrogen (secondary N) is 1. The molecule has 0 aliphatic carbocycles. The van der Waals surface area contributed by atoms with Gasteiger partial charge in [0.2, 0.25) is 0 Å². The second-order valence-electron chi connectivity index (χ2n) is 6.62. The predicted octanol–water partition coefficient (Wildman–Crippen LogP) is 3.00. The summed E-state index contributed by atoms with van der Waals surface area (Å²) < 4.78 is 2.65. The summed E-state index contributed by atoms with van der Waals surface area (Å²) in [5.74, 6) is 0.991. The standard InChI is InChI=1S/C18H15BrN6.ClH/c19-12-2-3-16-15(6-20)18(23-25(16)8-12)11-1-4-17(21-7-11)24-9-13-5-14(10-24)22-13;/h1-4,7-8,13-14,22H,5,9-10H2;1H. The summed E-state index contributed by atoms with van der Waals surface area (Å²) in [4.78, 5) is 6.95. The third kappa shape index (κ3) is 2.75. The van der Waals surface area contributed by atoms with Gasteiger partial charge < -0.3 is 10.2 Å². The normalized spacial score (nSPS) is 21.0. The fourth-order valence-electron chi connectivity index (χ4n) is 3.75. The highest BCUT2D eigenvalue weighted by Gasteiger charge is 2.36. The van der Waals surface area contributed by atoms with Gasteiger partial charge in [0.05, 0.1) is 5.52 Å². The first-order valence-corrected chi connectivity index (χ1v) is 9.06. The van der Waals surface area contributed by atoms with Crippen molar-refractivity contribution in [1.29, 1.82) is 5.26 Å². The highest BCUT2D eigenvalue weighted by atomic mass is 79.9. The Hall–Kier alpha value is -2.14. The minimum Gasteiger partial charge on any atom is -0.353 e. The SMILES string of the molecule is Cl.N#Cc1c(-c2ccc(N3CC4CC(C3)N4)nc2)nn2cc(Br)ccc12. The van der Waals surface area contributed by atoms with Crippen LogP contribution in [0.1, 0.15) is 12.0 Å². The molecule has 132 valence electrons. The van der Waals surface area contributed by atoms with Crippen LogP contribution >= 0.6 is 28.3 Å². The average molecular weight is 432 g/mol. The van der Waals surface area contributed by atoms with Gasteiger partial charge in [-0.25, -0.2) is 9.50 Å². The third-order valence-electron chi connectivity index (χ3n) is 4.97. The van der Waals surface area contributed by atoms with Crippen molar-refractivity contribution in [3.05, 3.63) is 46.7 Å². The molecule has 6 rings (SSSR count). The number of aromatic nitrogens is 3. The fourth-order valence-corrected chi connectivity index (χ4v) is 4.08. The first-order chi connectivity index (χ1) is 12.2. The van der Waals surface area contributed by atoms with Crippen LogP contribution in [0.2, 0.25) is 0 Å². The van der Waals surface area contributed by atoms with E-state index in [9.17, 15) is 5.26 Å². The molecule has 0 spiro atoms. The van der Waals surface area contributed by atoms with E-state index in [0.29, 0.717) is 23.3 Å². The Morgan fingerprint density at radius 1 is 1.19 bits per heavy atom. The van der Waals surface area contributed by atoms with E-state index >= 15 is 0 Å². The van der Waals surface area contributed by atoms with Gasteiger partial charge in [-0.3, -0.25) is 0 Å². The summed E-state index contributed by atoms with van der Waals surface area (Å²) in [6.07, 6.45) is 4.95. The Balaban J connectivity index is 0.00000168. The molecule has 3 aliphatic rings. The lowest BCUT2D eigenvalue weighted by molar-refractivity contribution is 0.225. The number of pyridine rings is 2. The van der Waals surface area contributed by atoms with Crippen molar-refractivity contribution in [3.63, 3.8) is 0 Å². The second-order valence-corrected chi connectivity index (χ2v) is 7.53. The first kappa shape index (κ1) is 17.3. The molecule has 26 heavy (non-hydrogen) atoms. The predicted molar refractivity (Wildman–Crippen MR) is 106 cm³/mol. The van der Waals surface area contributed by atoms with Crippen LogP contribution in [0.3, 0.4) is 0 Å². The van der Waals surface area contributed by atoms with E-state index in [4.69, 9.17) is 0 Å². The molecule has 0 radical (unpaired) electrons. The van der Waals surface area contributed by atoms with E-state index in [1.54, 1.807) is 4.52 Å². The molecular formula is C18H16BrClN6. The minimum atomic E-state index is 0. The van der Waals surface area contributed by atoms with Crippen LogP contribution < -0.4 is 10.2 Å². The number of piperazine rings is 1. The molecule has 6 heterocycles. The van der Waals surface area contributed by atoms with E-state index in [1.807, 2.05) is 36.7 Å². The Bertz CT molecular complexity index is 993. The molecule has 8 heteroatoms. The summed E-state index contributed by atoms with van der Waals surface area (Å²) in [7, 11) is 0. The Morgan fingerprint density at radius 3 is 2.62 bits per heavy atom. The Labute approximate surface area is 165 Å². The van der Waals surface area contributed by atoms with Gasteiger partial charge in [-0.2, -0.15) is 10.4 Å².